The van der Waals surface area contributed by atoms with Gasteiger partial charge < -0.3 is 14.4 Å². The predicted octanol–water partition coefficient (Wildman–Crippen LogP) is 1.52. The van der Waals surface area contributed by atoms with E-state index in [0.29, 0.717) is 19.6 Å². The van der Waals surface area contributed by atoms with E-state index < -0.39 is 5.60 Å². The molecule has 18 heavy (non-hydrogen) atoms. The van der Waals surface area contributed by atoms with Crippen molar-refractivity contribution in [2.45, 2.75) is 37.8 Å². The van der Waals surface area contributed by atoms with E-state index >= 15 is 0 Å². The molecule has 1 saturated heterocycles. The molecule has 0 aromatic carbocycles. The molecule has 2 aliphatic rings. The molecule has 0 bridgehead atoms. The average molecular weight is 253 g/mol. The fraction of sp³-hybridized carbons (Fsp3) is 0.692. The van der Waals surface area contributed by atoms with Crippen LogP contribution in [0.1, 0.15) is 26.2 Å². The average Bonchev–Trinajstić information content (AvgIpc) is 2.38. The van der Waals surface area contributed by atoms with Crippen LogP contribution in [0.2, 0.25) is 0 Å². The Morgan fingerprint density at radius 2 is 2.39 bits per heavy atom. The number of hydrogen-bond donors (Lipinski definition) is 0. The zero-order valence-corrected chi connectivity index (χ0v) is 10.8. The summed E-state index contributed by atoms with van der Waals surface area (Å²) in [6, 6.07) is -0.243. The van der Waals surface area contributed by atoms with Crippen molar-refractivity contribution >= 4 is 11.9 Å². The maximum Gasteiger partial charge on any atom is 0.410 e. The van der Waals surface area contributed by atoms with E-state index in [1.807, 2.05) is 0 Å². The number of allylic oxidation sites excluding steroid dienone is 1. The molecule has 1 heterocycles. The van der Waals surface area contributed by atoms with Crippen LogP contribution in [-0.4, -0.2) is 48.7 Å². The molecule has 1 amide bonds. The topological polar surface area (TPSA) is 55.8 Å². The minimum atomic E-state index is -0.529. The van der Waals surface area contributed by atoms with Crippen molar-refractivity contribution in [1.29, 1.82) is 0 Å². The highest BCUT2D eigenvalue weighted by Gasteiger charge is 2.48. The van der Waals surface area contributed by atoms with Crippen LogP contribution in [0.25, 0.3) is 0 Å². The molecule has 5 heteroatoms. The Hall–Kier alpha value is -1.36. The van der Waals surface area contributed by atoms with Crippen molar-refractivity contribution in [1.82, 2.24) is 4.90 Å². The Labute approximate surface area is 107 Å². The second-order valence-corrected chi connectivity index (χ2v) is 4.67. The molecule has 0 aromatic heterocycles. The summed E-state index contributed by atoms with van der Waals surface area (Å²) >= 11 is 0. The predicted molar refractivity (Wildman–Crippen MR) is 65.3 cm³/mol. The highest BCUT2D eigenvalue weighted by molar-refractivity contribution is 5.92. The molecule has 100 valence electrons. The van der Waals surface area contributed by atoms with Crippen LogP contribution >= 0.6 is 0 Å². The summed E-state index contributed by atoms with van der Waals surface area (Å²) in [5.74, 6) is 0.0314. The number of ether oxygens (including phenoxy) is 2. The van der Waals surface area contributed by atoms with Gasteiger partial charge in [0.05, 0.1) is 12.6 Å². The molecular formula is C13H19NO4. The van der Waals surface area contributed by atoms with Gasteiger partial charge in [-0.3, -0.25) is 4.79 Å². The van der Waals surface area contributed by atoms with Crippen LogP contribution in [0, 0.1) is 0 Å². The molecule has 0 aromatic rings. The van der Waals surface area contributed by atoms with E-state index in [-0.39, 0.29) is 17.9 Å². The van der Waals surface area contributed by atoms with Gasteiger partial charge in [-0.2, -0.15) is 0 Å². The van der Waals surface area contributed by atoms with Crippen LogP contribution in [0.4, 0.5) is 4.79 Å². The number of carbonyl (C=O) groups is 2. The van der Waals surface area contributed by atoms with Gasteiger partial charge in [0.25, 0.3) is 0 Å². The zero-order valence-electron chi connectivity index (χ0n) is 10.8. The van der Waals surface area contributed by atoms with Crippen LogP contribution < -0.4 is 0 Å². The Bertz CT molecular complexity index is 379. The number of amides is 1. The zero-order chi connectivity index (χ0) is 13.2. The van der Waals surface area contributed by atoms with E-state index in [1.165, 1.54) is 0 Å². The van der Waals surface area contributed by atoms with Gasteiger partial charge in [0.2, 0.25) is 0 Å². The number of ketones is 1. The Morgan fingerprint density at radius 1 is 1.61 bits per heavy atom. The number of carbonyl (C=O) groups excluding carboxylic acids is 2. The molecule has 0 unspecified atom stereocenters. The smallest absolute Gasteiger partial charge is 0.410 e. The molecule has 0 saturated carbocycles. The van der Waals surface area contributed by atoms with Crippen molar-refractivity contribution in [3.05, 3.63) is 12.2 Å². The molecule has 1 aliphatic carbocycles. The minimum absolute atomic E-state index is 0.0314. The minimum Gasteiger partial charge on any atom is -0.450 e. The fourth-order valence-corrected chi connectivity index (χ4v) is 2.81. The number of fused-ring (bicyclic) bond motifs is 1. The Morgan fingerprint density at radius 3 is 3.06 bits per heavy atom. The van der Waals surface area contributed by atoms with E-state index in [1.54, 1.807) is 31.1 Å². The molecular weight excluding hydrogens is 234 g/mol. The van der Waals surface area contributed by atoms with Gasteiger partial charge in [-0.1, -0.05) is 0 Å². The summed E-state index contributed by atoms with van der Waals surface area (Å²) in [6.45, 7) is 2.74. The van der Waals surface area contributed by atoms with Crippen LogP contribution in [-0.2, 0) is 14.3 Å². The summed E-state index contributed by atoms with van der Waals surface area (Å²) in [5, 5.41) is 0. The number of likely N-dealkylation sites (tertiary alicyclic amines) is 1. The summed E-state index contributed by atoms with van der Waals surface area (Å²) < 4.78 is 10.7. The normalized spacial score (nSPS) is 31.1. The maximum absolute atomic E-state index is 11.9. The summed E-state index contributed by atoms with van der Waals surface area (Å²) in [5.41, 5.74) is -0.529. The van der Waals surface area contributed by atoms with E-state index in [2.05, 4.69) is 0 Å². The molecule has 0 radical (unpaired) electrons. The van der Waals surface area contributed by atoms with Gasteiger partial charge in [-0.25, -0.2) is 4.79 Å². The van der Waals surface area contributed by atoms with Crippen LogP contribution in [0.3, 0.4) is 0 Å². The van der Waals surface area contributed by atoms with Gasteiger partial charge in [-0.05, 0) is 31.9 Å². The Balaban J connectivity index is 2.26. The summed E-state index contributed by atoms with van der Waals surface area (Å²) in [6.07, 6.45) is 4.99. The van der Waals surface area contributed by atoms with Gasteiger partial charge in [0, 0.05) is 20.1 Å². The van der Waals surface area contributed by atoms with Crippen molar-refractivity contribution in [2.75, 3.05) is 20.3 Å². The summed E-state index contributed by atoms with van der Waals surface area (Å²) in [4.78, 5) is 25.1. The molecule has 0 spiro atoms. The lowest BCUT2D eigenvalue weighted by molar-refractivity contribution is -0.123. The lowest BCUT2D eigenvalue weighted by atomic mass is 9.78. The molecule has 1 fully saturated rings. The number of piperidine rings is 1. The van der Waals surface area contributed by atoms with Crippen molar-refractivity contribution in [3.63, 3.8) is 0 Å². The van der Waals surface area contributed by atoms with E-state index in [9.17, 15) is 9.59 Å². The standard InChI is InChI=1S/C13H19NO4/c1-3-18-12(16)14-8-4-6-13(17-2)7-5-10(15)9-11(13)14/h5,7,11H,3-4,6,8-9H2,1-2H3/t11-,13-/m1/s1. The highest BCUT2D eigenvalue weighted by atomic mass is 16.6. The lowest BCUT2D eigenvalue weighted by Crippen LogP contribution is -2.60. The number of rotatable bonds is 2. The van der Waals surface area contributed by atoms with Crippen LogP contribution in [0.15, 0.2) is 12.2 Å². The third-order valence-corrected chi connectivity index (χ3v) is 3.74. The molecule has 2 atom stereocenters. The third-order valence-electron chi connectivity index (χ3n) is 3.74. The molecule has 5 nitrogen and oxygen atoms in total. The van der Waals surface area contributed by atoms with E-state index in [4.69, 9.17) is 9.47 Å². The van der Waals surface area contributed by atoms with Gasteiger partial charge in [-0.15, -0.1) is 0 Å². The van der Waals surface area contributed by atoms with Crippen molar-refractivity contribution in [2.24, 2.45) is 0 Å². The lowest BCUT2D eigenvalue weighted by Gasteiger charge is -2.48. The van der Waals surface area contributed by atoms with E-state index in [0.717, 1.165) is 12.8 Å². The van der Waals surface area contributed by atoms with Gasteiger partial charge in [0.1, 0.15) is 5.60 Å². The second-order valence-electron chi connectivity index (χ2n) is 4.67. The van der Waals surface area contributed by atoms with Crippen molar-refractivity contribution in [3.8, 4) is 0 Å². The number of methoxy groups -OCH3 is 1. The molecule has 0 N–H and O–H groups in total. The van der Waals surface area contributed by atoms with Gasteiger partial charge >= 0.3 is 6.09 Å². The quantitative estimate of drug-likeness (QED) is 0.748. The SMILES string of the molecule is CCOC(=O)N1CCC[C@@]2(OC)C=CC(=O)C[C@@H]12. The number of hydrogen-bond acceptors (Lipinski definition) is 4. The van der Waals surface area contributed by atoms with Crippen LogP contribution in [0.5, 0.6) is 0 Å². The van der Waals surface area contributed by atoms with Crippen molar-refractivity contribution < 1.29 is 19.1 Å². The number of nitrogens with zero attached hydrogens (tertiary/aromatic N) is 1. The monoisotopic (exact) mass is 253 g/mol. The molecule has 2 rings (SSSR count). The summed E-state index contributed by atoms with van der Waals surface area (Å²) in [7, 11) is 1.63. The first kappa shape index (κ1) is 13.1. The largest absolute Gasteiger partial charge is 0.450 e. The first-order valence-electron chi connectivity index (χ1n) is 6.33. The first-order chi connectivity index (χ1) is 8.63. The van der Waals surface area contributed by atoms with Gasteiger partial charge in [0.15, 0.2) is 5.78 Å². The first-order valence-corrected chi connectivity index (χ1v) is 6.33. The highest BCUT2D eigenvalue weighted by Crippen LogP contribution is 2.37. The maximum atomic E-state index is 11.9. The Kier molecular flexibility index (Phi) is 3.71. The third kappa shape index (κ3) is 2.14. The fourth-order valence-electron chi connectivity index (χ4n) is 2.81. The molecule has 1 aliphatic heterocycles. The second kappa shape index (κ2) is 5.10.